The van der Waals surface area contributed by atoms with Gasteiger partial charge >= 0.3 is 0 Å². The molecule has 1 saturated carbocycles. The van der Waals surface area contributed by atoms with E-state index in [9.17, 15) is 8.42 Å². The predicted octanol–water partition coefficient (Wildman–Crippen LogP) is 0.433. The van der Waals surface area contributed by atoms with Gasteiger partial charge in [-0.15, -0.1) is 0 Å². The van der Waals surface area contributed by atoms with Crippen molar-refractivity contribution in [2.45, 2.75) is 51.1 Å². The van der Waals surface area contributed by atoms with Crippen LogP contribution in [0.2, 0.25) is 0 Å². The molecule has 0 aromatic carbocycles. The molecule has 0 atom stereocenters. The fraction of sp³-hybridized carbons (Fsp3) is 1.00. The number of rotatable bonds is 5. The third-order valence-corrected chi connectivity index (χ3v) is 4.77. The average molecular weight is 249 g/mol. The Morgan fingerprint density at radius 3 is 2.31 bits per heavy atom. The van der Waals surface area contributed by atoms with Crippen molar-refractivity contribution in [2.75, 3.05) is 13.6 Å². The standard InChI is InChI=1S/C10H23N3O2S/c1-3-8-13(16(14,15)12-2)10-6-4-9(11)5-7-10/h9-10,12H,3-8,11H2,1-2H3. The minimum absolute atomic E-state index is 0.122. The summed E-state index contributed by atoms with van der Waals surface area (Å²) in [4.78, 5) is 0. The molecule has 0 unspecified atom stereocenters. The first-order valence-electron chi connectivity index (χ1n) is 5.97. The number of hydrogen-bond acceptors (Lipinski definition) is 3. The van der Waals surface area contributed by atoms with Crippen molar-refractivity contribution >= 4 is 10.2 Å². The molecule has 1 aliphatic rings. The highest BCUT2D eigenvalue weighted by Crippen LogP contribution is 2.23. The summed E-state index contributed by atoms with van der Waals surface area (Å²) in [5.74, 6) is 0. The molecule has 0 radical (unpaired) electrons. The topological polar surface area (TPSA) is 75.4 Å². The second-order valence-electron chi connectivity index (χ2n) is 4.39. The van der Waals surface area contributed by atoms with E-state index in [4.69, 9.17) is 5.73 Å². The lowest BCUT2D eigenvalue weighted by molar-refractivity contribution is 0.238. The lowest BCUT2D eigenvalue weighted by Crippen LogP contribution is -2.48. The Bertz CT molecular complexity index is 297. The van der Waals surface area contributed by atoms with E-state index in [-0.39, 0.29) is 12.1 Å². The Balaban J connectivity index is 2.70. The van der Waals surface area contributed by atoms with Gasteiger partial charge in [0, 0.05) is 25.7 Å². The summed E-state index contributed by atoms with van der Waals surface area (Å²) in [6.07, 6.45) is 4.43. The van der Waals surface area contributed by atoms with Gasteiger partial charge in [0.2, 0.25) is 0 Å². The maximum absolute atomic E-state index is 11.9. The lowest BCUT2D eigenvalue weighted by atomic mass is 9.92. The summed E-state index contributed by atoms with van der Waals surface area (Å²) in [6.45, 7) is 2.58. The summed E-state index contributed by atoms with van der Waals surface area (Å²) >= 11 is 0. The number of nitrogens with two attached hydrogens (primary N) is 1. The summed E-state index contributed by atoms with van der Waals surface area (Å²) in [7, 11) is -1.83. The Morgan fingerprint density at radius 1 is 1.31 bits per heavy atom. The van der Waals surface area contributed by atoms with Crippen molar-refractivity contribution in [3.8, 4) is 0 Å². The molecule has 1 fully saturated rings. The highest BCUT2D eigenvalue weighted by molar-refractivity contribution is 7.87. The molecular formula is C10H23N3O2S. The van der Waals surface area contributed by atoms with Crippen molar-refractivity contribution in [3.05, 3.63) is 0 Å². The van der Waals surface area contributed by atoms with E-state index in [0.29, 0.717) is 6.54 Å². The summed E-state index contributed by atoms with van der Waals surface area (Å²) in [5.41, 5.74) is 5.83. The van der Waals surface area contributed by atoms with E-state index in [1.807, 2.05) is 6.92 Å². The number of hydrogen-bond donors (Lipinski definition) is 2. The Kier molecular flexibility index (Phi) is 5.17. The lowest BCUT2D eigenvalue weighted by Gasteiger charge is -2.34. The molecule has 0 aliphatic heterocycles. The molecule has 0 aromatic heterocycles. The smallest absolute Gasteiger partial charge is 0.279 e. The van der Waals surface area contributed by atoms with Gasteiger partial charge in [-0.25, -0.2) is 4.72 Å². The summed E-state index contributed by atoms with van der Waals surface area (Å²) in [5, 5.41) is 0. The average Bonchev–Trinajstić information content (AvgIpc) is 2.27. The largest absolute Gasteiger partial charge is 0.328 e. The third-order valence-electron chi connectivity index (χ3n) is 3.16. The Hall–Kier alpha value is -0.170. The van der Waals surface area contributed by atoms with Gasteiger partial charge in [-0.05, 0) is 32.1 Å². The van der Waals surface area contributed by atoms with Gasteiger partial charge in [0.25, 0.3) is 10.2 Å². The minimum atomic E-state index is -3.30. The SMILES string of the molecule is CCCN(C1CCC(N)CC1)S(=O)(=O)NC. The molecule has 3 N–H and O–H groups in total. The zero-order valence-corrected chi connectivity index (χ0v) is 11.0. The maximum atomic E-state index is 11.9. The first kappa shape index (κ1) is 13.9. The van der Waals surface area contributed by atoms with Gasteiger partial charge in [0.1, 0.15) is 0 Å². The van der Waals surface area contributed by atoms with Gasteiger partial charge in [-0.3, -0.25) is 0 Å². The van der Waals surface area contributed by atoms with Crippen LogP contribution in [0.4, 0.5) is 0 Å². The van der Waals surface area contributed by atoms with E-state index in [2.05, 4.69) is 4.72 Å². The first-order valence-corrected chi connectivity index (χ1v) is 7.41. The molecule has 0 spiro atoms. The van der Waals surface area contributed by atoms with Crippen LogP contribution in [0.3, 0.4) is 0 Å². The zero-order chi connectivity index (χ0) is 12.2. The number of nitrogens with one attached hydrogen (secondary N) is 1. The Morgan fingerprint density at radius 2 is 1.88 bits per heavy atom. The van der Waals surface area contributed by atoms with Crippen molar-refractivity contribution in [2.24, 2.45) is 5.73 Å². The van der Waals surface area contributed by atoms with Crippen molar-refractivity contribution in [1.29, 1.82) is 0 Å². The second kappa shape index (κ2) is 5.95. The number of nitrogens with zero attached hydrogens (tertiary/aromatic N) is 1. The predicted molar refractivity (Wildman–Crippen MR) is 65.2 cm³/mol. The molecular weight excluding hydrogens is 226 g/mol. The van der Waals surface area contributed by atoms with Crippen molar-refractivity contribution in [3.63, 3.8) is 0 Å². The molecule has 5 nitrogen and oxygen atoms in total. The van der Waals surface area contributed by atoms with Crippen LogP contribution in [0.25, 0.3) is 0 Å². The van der Waals surface area contributed by atoms with Gasteiger partial charge in [-0.1, -0.05) is 6.92 Å². The van der Waals surface area contributed by atoms with Gasteiger partial charge in [0.15, 0.2) is 0 Å². The Labute approximate surface area is 98.6 Å². The van der Waals surface area contributed by atoms with Gasteiger partial charge in [0.05, 0.1) is 0 Å². The quantitative estimate of drug-likeness (QED) is 0.742. The molecule has 0 aromatic rings. The van der Waals surface area contributed by atoms with Crippen molar-refractivity contribution < 1.29 is 8.42 Å². The second-order valence-corrected chi connectivity index (χ2v) is 6.22. The molecule has 0 saturated heterocycles. The van der Waals surface area contributed by atoms with Crippen LogP contribution >= 0.6 is 0 Å². The zero-order valence-electron chi connectivity index (χ0n) is 10.1. The summed E-state index contributed by atoms with van der Waals surface area (Å²) in [6, 6.07) is 0.370. The van der Waals surface area contributed by atoms with Crippen LogP contribution < -0.4 is 10.5 Å². The fourth-order valence-electron chi connectivity index (χ4n) is 2.23. The van der Waals surface area contributed by atoms with E-state index in [1.165, 1.54) is 7.05 Å². The third kappa shape index (κ3) is 3.41. The normalized spacial score (nSPS) is 27.2. The maximum Gasteiger partial charge on any atom is 0.279 e. The van der Waals surface area contributed by atoms with Crippen LogP contribution in [0, 0.1) is 0 Å². The monoisotopic (exact) mass is 249 g/mol. The molecule has 0 bridgehead atoms. The van der Waals surface area contributed by atoms with Crippen LogP contribution in [-0.2, 0) is 10.2 Å². The molecule has 16 heavy (non-hydrogen) atoms. The first-order chi connectivity index (χ1) is 7.51. The van der Waals surface area contributed by atoms with Gasteiger partial charge < -0.3 is 5.73 Å². The molecule has 6 heteroatoms. The van der Waals surface area contributed by atoms with Crippen molar-refractivity contribution in [1.82, 2.24) is 9.03 Å². The van der Waals surface area contributed by atoms with E-state index < -0.39 is 10.2 Å². The van der Waals surface area contributed by atoms with Crippen LogP contribution in [0.1, 0.15) is 39.0 Å². The molecule has 96 valence electrons. The molecule has 1 rings (SSSR count). The minimum Gasteiger partial charge on any atom is -0.328 e. The van der Waals surface area contributed by atoms with Crippen LogP contribution in [0.5, 0.6) is 0 Å². The highest BCUT2D eigenvalue weighted by atomic mass is 32.2. The van der Waals surface area contributed by atoms with Crippen LogP contribution in [0.15, 0.2) is 0 Å². The highest BCUT2D eigenvalue weighted by Gasteiger charge is 2.30. The van der Waals surface area contributed by atoms with Crippen LogP contribution in [-0.4, -0.2) is 38.4 Å². The molecule has 1 aliphatic carbocycles. The van der Waals surface area contributed by atoms with E-state index in [0.717, 1.165) is 32.1 Å². The van der Waals surface area contributed by atoms with E-state index in [1.54, 1.807) is 4.31 Å². The fourth-order valence-corrected chi connectivity index (χ4v) is 3.49. The van der Waals surface area contributed by atoms with Gasteiger partial charge in [-0.2, -0.15) is 12.7 Å². The molecule has 0 heterocycles. The van der Waals surface area contributed by atoms with E-state index >= 15 is 0 Å². The summed E-state index contributed by atoms with van der Waals surface area (Å²) < 4.78 is 27.7. The molecule has 0 amide bonds.